The van der Waals surface area contributed by atoms with Crippen LogP contribution in [0, 0.1) is 13.8 Å². The second kappa shape index (κ2) is 20.5. The Balaban J connectivity index is 1.26. The lowest BCUT2D eigenvalue weighted by Gasteiger charge is -2.07. The predicted molar refractivity (Wildman–Crippen MR) is 245 cm³/mol. The molecule has 6 aromatic carbocycles. The van der Waals surface area contributed by atoms with Gasteiger partial charge in [-0.15, -0.1) is 0 Å². The lowest BCUT2D eigenvalue weighted by molar-refractivity contribution is -0.761. The monoisotopic (exact) mass is 1040 g/mol. The summed E-state index contributed by atoms with van der Waals surface area (Å²) >= 11 is 0. The smallest absolute Gasteiger partial charge is 0.295 e. The molecule has 0 bridgehead atoms. The number of methoxy groups -OCH3 is 2. The fraction of sp³-hybridized carbons (Fsp3) is 0.0952. The zero-order valence-corrected chi connectivity index (χ0v) is 39.8. The summed E-state index contributed by atoms with van der Waals surface area (Å²) < 4.78 is 145. The van der Waals surface area contributed by atoms with E-state index in [1.54, 1.807) is 13.8 Å². The molecule has 0 amide bonds. The molecule has 0 heterocycles. The van der Waals surface area contributed by atoms with E-state index in [1.165, 1.54) is 74.9 Å². The van der Waals surface area contributed by atoms with Crippen LogP contribution in [-0.2, 0) is 40.5 Å². The van der Waals surface area contributed by atoms with Crippen molar-refractivity contribution in [2.45, 2.75) is 33.4 Å². The molecule has 70 heavy (non-hydrogen) atoms. The van der Waals surface area contributed by atoms with Crippen molar-refractivity contribution in [2.24, 2.45) is 30.7 Å². The van der Waals surface area contributed by atoms with Gasteiger partial charge in [0, 0.05) is 36.4 Å². The topological polar surface area (TPSA) is 357 Å². The first-order valence-electron chi connectivity index (χ1n) is 19.4. The van der Waals surface area contributed by atoms with Crippen molar-refractivity contribution in [2.75, 3.05) is 14.2 Å². The normalized spacial score (nSPS) is 13.1. The average molecular weight is 1040 g/mol. The highest BCUT2D eigenvalue weighted by atomic mass is 32.2. The highest BCUT2D eigenvalue weighted by Gasteiger charge is 2.25. The SMILES string of the molecule is COc1cc(N=Nc2ccc(S(=O)(=O)O)cc2)c(C)cc1N=[N+](O)c1ccc(/C=C/c2ccc([N+](O)=Nc3cc(C)c(N=Nc4ccc(S(=O)(=O)O)cc4)cc3OC)cc2S(=O)(=O)O)c(S(=O)(=O)O)c1. The van der Waals surface area contributed by atoms with Gasteiger partial charge >= 0.3 is 0 Å². The van der Waals surface area contributed by atoms with E-state index in [0.29, 0.717) is 20.8 Å². The van der Waals surface area contributed by atoms with Crippen LogP contribution in [0.3, 0.4) is 0 Å². The standard InChI is InChI=1S/C42H36N8O16S4/c1-25-19-37(39(65-3)23-35(25)45-43-29-9-15-33(16-10-29)67(53,54)55)47-49(51)31-13-7-27(41(21-31)69(59,60)61)5-6-28-8-14-32(22-42(28)70(62,63)64)50(52)48-38-20-26(2)36(24-40(38)66-4)46-44-30-11-17-34(18-12-30)68(56,57)58/h5-24H,1-4H3,(H4-2,47,48,51,52,53,54,55,56,57,58,59,60,61,62,63,64)/p+2/b6-5+. The van der Waals surface area contributed by atoms with Crippen LogP contribution in [0.25, 0.3) is 12.2 Å². The average Bonchev–Trinajstić information content (AvgIpc) is 3.29. The summed E-state index contributed by atoms with van der Waals surface area (Å²) in [5, 5.41) is 46.5. The summed E-state index contributed by atoms with van der Waals surface area (Å²) in [5.74, 6) is 0.150. The summed E-state index contributed by atoms with van der Waals surface area (Å²) in [5.41, 5.74) is 1.13. The molecule has 0 aliphatic rings. The number of rotatable bonds is 16. The van der Waals surface area contributed by atoms with Gasteiger partial charge in [-0.05, 0) is 109 Å². The summed E-state index contributed by atoms with van der Waals surface area (Å²) in [7, 11) is -16.3. The van der Waals surface area contributed by atoms with E-state index in [1.807, 2.05) is 0 Å². The van der Waals surface area contributed by atoms with Gasteiger partial charge in [0.1, 0.15) is 19.5 Å². The molecule has 0 unspecified atom stereocenters. The Morgan fingerprint density at radius 3 is 1.09 bits per heavy atom. The lowest BCUT2D eigenvalue weighted by atomic mass is 10.1. The third-order valence-corrected chi connectivity index (χ3v) is 13.2. The van der Waals surface area contributed by atoms with Crippen LogP contribution < -0.4 is 9.47 Å². The summed E-state index contributed by atoms with van der Waals surface area (Å²) in [4.78, 5) is -1.58. The zero-order chi connectivity index (χ0) is 51.3. The predicted octanol–water partition coefficient (Wildman–Crippen LogP) is 9.94. The fourth-order valence-electron chi connectivity index (χ4n) is 6.13. The number of benzene rings is 6. The number of aryl methyl sites for hydroxylation is 2. The third-order valence-electron chi connectivity index (χ3n) is 9.67. The third kappa shape index (κ3) is 12.7. The first kappa shape index (κ1) is 51.7. The Morgan fingerprint density at radius 1 is 0.443 bits per heavy atom. The van der Waals surface area contributed by atoms with Gasteiger partial charge in [0.05, 0.1) is 57.0 Å². The molecule has 0 saturated carbocycles. The highest BCUT2D eigenvalue weighted by Crippen LogP contribution is 2.39. The maximum atomic E-state index is 12.6. The summed E-state index contributed by atoms with van der Waals surface area (Å²) in [6.45, 7) is 3.26. The Labute approximate surface area is 399 Å². The molecule has 0 aliphatic carbocycles. The van der Waals surface area contributed by atoms with Crippen LogP contribution in [0.15, 0.2) is 159 Å². The largest absolute Gasteiger partial charge is 0.494 e. The molecule has 0 radical (unpaired) electrons. The van der Waals surface area contributed by atoms with E-state index in [9.17, 15) is 62.3 Å². The van der Waals surface area contributed by atoms with Gasteiger partial charge in [-0.25, -0.2) is 0 Å². The minimum atomic E-state index is -5.04. The maximum absolute atomic E-state index is 12.6. The van der Waals surface area contributed by atoms with Crippen LogP contribution in [0.4, 0.5) is 45.5 Å². The van der Waals surface area contributed by atoms with Crippen molar-refractivity contribution in [3.8, 4) is 11.5 Å². The van der Waals surface area contributed by atoms with Crippen molar-refractivity contribution < 1.29 is 81.5 Å². The van der Waals surface area contributed by atoms with E-state index >= 15 is 0 Å². The van der Waals surface area contributed by atoms with Gasteiger partial charge in [0.25, 0.3) is 51.8 Å². The molecule has 0 atom stereocenters. The molecule has 24 nitrogen and oxygen atoms in total. The van der Waals surface area contributed by atoms with Crippen LogP contribution in [-0.4, -0.2) is 86.2 Å². The number of ether oxygens (including phenoxy) is 2. The molecule has 6 aromatic rings. The van der Waals surface area contributed by atoms with Crippen molar-refractivity contribution in [1.82, 2.24) is 0 Å². The molecule has 0 saturated heterocycles. The lowest BCUT2D eigenvalue weighted by Crippen LogP contribution is -2.04. The Bertz CT molecular complexity index is 3420. The Hall–Kier alpha value is -7.70. The molecular formula is C42H38N8O16S4+2. The Kier molecular flexibility index (Phi) is 15.1. The van der Waals surface area contributed by atoms with Crippen LogP contribution in [0.5, 0.6) is 11.5 Å². The van der Waals surface area contributed by atoms with Crippen LogP contribution >= 0.6 is 0 Å². The van der Waals surface area contributed by atoms with Crippen molar-refractivity contribution >= 4 is 98.1 Å². The molecule has 6 N–H and O–H groups in total. The van der Waals surface area contributed by atoms with Gasteiger partial charge in [-0.1, -0.05) is 12.2 Å². The number of azo groups is 4. The highest BCUT2D eigenvalue weighted by molar-refractivity contribution is 7.86. The van der Waals surface area contributed by atoms with Gasteiger partial charge in [0.15, 0.2) is 22.9 Å². The number of hydrogen-bond acceptors (Lipinski definition) is 16. The molecule has 364 valence electrons. The summed E-state index contributed by atoms with van der Waals surface area (Å²) in [6, 6.07) is 22.1. The fourth-order valence-corrected chi connectivity index (χ4v) is 8.50. The molecule has 0 spiro atoms. The van der Waals surface area contributed by atoms with Gasteiger partial charge in [0.2, 0.25) is 0 Å². The number of nitrogens with zero attached hydrogens (tertiary/aromatic N) is 8. The van der Waals surface area contributed by atoms with E-state index in [4.69, 9.17) is 9.47 Å². The van der Waals surface area contributed by atoms with Gasteiger partial charge in [-0.2, -0.15) is 54.1 Å². The zero-order valence-electron chi connectivity index (χ0n) is 36.5. The molecule has 28 heteroatoms. The Morgan fingerprint density at radius 2 is 0.786 bits per heavy atom. The minimum absolute atomic E-state index is 0.0327. The number of hydrogen-bond donors (Lipinski definition) is 6. The quantitative estimate of drug-likeness (QED) is 0.0172. The van der Waals surface area contributed by atoms with E-state index in [0.717, 1.165) is 60.7 Å². The second-order valence-corrected chi connectivity index (χ2v) is 20.1. The molecule has 0 aliphatic heterocycles. The first-order valence-corrected chi connectivity index (χ1v) is 25.2. The van der Waals surface area contributed by atoms with E-state index in [2.05, 4.69) is 30.7 Å². The van der Waals surface area contributed by atoms with Crippen molar-refractivity contribution in [3.63, 3.8) is 0 Å². The first-order chi connectivity index (χ1) is 32.7. The molecular weight excluding hydrogens is 1000 g/mol. The van der Waals surface area contributed by atoms with E-state index < -0.39 is 50.3 Å². The maximum Gasteiger partial charge on any atom is 0.295 e. The second-order valence-electron chi connectivity index (χ2n) is 14.5. The molecule has 0 fully saturated rings. The summed E-state index contributed by atoms with van der Waals surface area (Å²) in [6.07, 6.45) is 2.19. The van der Waals surface area contributed by atoms with Gasteiger partial charge in [-0.3, -0.25) is 28.6 Å². The van der Waals surface area contributed by atoms with Crippen LogP contribution in [0.2, 0.25) is 0 Å². The van der Waals surface area contributed by atoms with E-state index in [-0.39, 0.29) is 77.9 Å². The molecule has 6 rings (SSSR count). The molecule has 0 aromatic heterocycles. The van der Waals surface area contributed by atoms with Crippen LogP contribution in [0.1, 0.15) is 22.3 Å². The van der Waals surface area contributed by atoms with Gasteiger partial charge < -0.3 is 9.47 Å². The minimum Gasteiger partial charge on any atom is -0.494 e. The van der Waals surface area contributed by atoms with Crippen molar-refractivity contribution in [1.29, 1.82) is 0 Å². The van der Waals surface area contributed by atoms with Crippen molar-refractivity contribution in [3.05, 3.63) is 131 Å².